The molecule has 1 rings (SSSR count). The molecule has 0 saturated carbocycles. The van der Waals surface area contributed by atoms with Gasteiger partial charge in [0.2, 0.25) is 5.96 Å². The fourth-order valence-electron chi connectivity index (χ4n) is 1.24. The highest BCUT2D eigenvalue weighted by atomic mass is 79.9. The summed E-state index contributed by atoms with van der Waals surface area (Å²) in [6.07, 6.45) is 0. The monoisotopic (exact) mass is 311 g/mol. The molecule has 4 N–H and O–H groups in total. The van der Waals surface area contributed by atoms with Gasteiger partial charge in [-0.15, -0.1) is 0 Å². The number of hydrogen-bond donors (Lipinski definition) is 3. The lowest BCUT2D eigenvalue weighted by atomic mass is 10.3. The van der Waals surface area contributed by atoms with E-state index in [0.29, 0.717) is 11.9 Å². The molecule has 0 unspecified atom stereocenters. The normalized spacial score (nSPS) is 12.7. The molecule has 18 heavy (non-hydrogen) atoms. The van der Waals surface area contributed by atoms with Crippen molar-refractivity contribution in [3.8, 4) is 0 Å². The molecule has 0 aliphatic rings. The number of halogens is 1. The Morgan fingerprint density at radius 3 is 2.39 bits per heavy atom. The molecular weight excluding hydrogens is 294 g/mol. The molecule has 0 fully saturated rings. The Labute approximate surface area is 116 Å². The maximum absolute atomic E-state index is 5.74. The van der Waals surface area contributed by atoms with Crippen molar-refractivity contribution in [2.45, 2.75) is 19.9 Å². The zero-order valence-electron chi connectivity index (χ0n) is 10.7. The van der Waals surface area contributed by atoms with Crippen LogP contribution >= 0.6 is 15.9 Å². The third-order valence-electron chi connectivity index (χ3n) is 1.97. The van der Waals surface area contributed by atoms with Crippen molar-refractivity contribution in [1.29, 1.82) is 0 Å². The lowest BCUT2D eigenvalue weighted by Gasteiger charge is -2.11. The van der Waals surface area contributed by atoms with E-state index in [0.717, 1.165) is 10.2 Å². The van der Waals surface area contributed by atoms with Crippen LogP contribution in [0.25, 0.3) is 0 Å². The molecule has 0 bridgehead atoms. The number of nitrogens with zero attached hydrogens (tertiary/aromatic N) is 2. The van der Waals surface area contributed by atoms with Crippen LogP contribution in [0, 0.1) is 0 Å². The van der Waals surface area contributed by atoms with Gasteiger partial charge in [-0.3, -0.25) is 15.3 Å². The van der Waals surface area contributed by atoms with E-state index in [4.69, 9.17) is 5.73 Å². The van der Waals surface area contributed by atoms with Gasteiger partial charge in [0.1, 0.15) is 0 Å². The third-order valence-corrected chi connectivity index (χ3v) is 2.50. The highest BCUT2D eigenvalue weighted by Crippen LogP contribution is 2.13. The Hall–Kier alpha value is -1.56. The summed E-state index contributed by atoms with van der Waals surface area (Å²) in [6, 6.07) is 7.91. The molecule has 0 aliphatic carbocycles. The Bertz CT molecular complexity index is 436. The summed E-state index contributed by atoms with van der Waals surface area (Å²) in [7, 11) is 1.68. The smallest absolute Gasteiger partial charge is 0.202 e. The maximum atomic E-state index is 5.74. The van der Waals surface area contributed by atoms with Crippen LogP contribution in [-0.2, 0) is 0 Å². The molecule has 1 aromatic rings. The first kappa shape index (κ1) is 14.5. The first-order valence-corrected chi connectivity index (χ1v) is 6.40. The molecule has 0 saturated heterocycles. The summed E-state index contributed by atoms with van der Waals surface area (Å²) >= 11 is 3.38. The van der Waals surface area contributed by atoms with Gasteiger partial charge in [0.05, 0.1) is 0 Å². The predicted molar refractivity (Wildman–Crippen MR) is 81.0 cm³/mol. The lowest BCUT2D eigenvalue weighted by Crippen LogP contribution is -2.41. The van der Waals surface area contributed by atoms with Crippen molar-refractivity contribution in [2.75, 3.05) is 12.4 Å². The van der Waals surface area contributed by atoms with Gasteiger partial charge in [-0.2, -0.15) is 0 Å². The van der Waals surface area contributed by atoms with E-state index in [1.807, 2.05) is 38.1 Å². The number of nitrogens with two attached hydrogens (primary N) is 1. The fourth-order valence-corrected chi connectivity index (χ4v) is 1.51. The molecule has 0 aromatic heterocycles. The minimum atomic E-state index is 0.142. The zero-order chi connectivity index (χ0) is 13.5. The van der Waals surface area contributed by atoms with Crippen molar-refractivity contribution in [2.24, 2.45) is 15.7 Å². The molecular formula is C12H18BrN5. The molecule has 0 aliphatic heterocycles. The maximum Gasteiger partial charge on any atom is 0.202 e. The largest absolute Gasteiger partial charge is 0.370 e. The minimum Gasteiger partial charge on any atom is -0.370 e. The van der Waals surface area contributed by atoms with Crippen molar-refractivity contribution in [1.82, 2.24) is 5.32 Å². The van der Waals surface area contributed by atoms with Crippen molar-refractivity contribution >= 4 is 33.5 Å². The topological polar surface area (TPSA) is 74.8 Å². The van der Waals surface area contributed by atoms with Crippen molar-refractivity contribution in [3.63, 3.8) is 0 Å². The quantitative estimate of drug-likeness (QED) is 0.579. The van der Waals surface area contributed by atoms with Gasteiger partial charge in [0.25, 0.3) is 0 Å². The number of aliphatic imine (C=N–C) groups is 2. The standard InChI is InChI=1S/C12H18BrN5/c1-8(2)16-11(14)18-12(15-3)17-10-6-4-9(13)5-7-10/h4-8H,1-3H3,(H4,14,15,16,17,18). The highest BCUT2D eigenvalue weighted by Gasteiger charge is 2.01. The third kappa shape index (κ3) is 5.18. The molecule has 6 heteroatoms. The molecule has 0 atom stereocenters. The van der Waals surface area contributed by atoms with Gasteiger partial charge in [-0.25, -0.2) is 0 Å². The van der Waals surface area contributed by atoms with Crippen LogP contribution in [0.4, 0.5) is 5.69 Å². The Morgan fingerprint density at radius 1 is 1.28 bits per heavy atom. The van der Waals surface area contributed by atoms with E-state index in [9.17, 15) is 0 Å². The number of benzene rings is 1. The first-order valence-electron chi connectivity index (χ1n) is 5.61. The summed E-state index contributed by atoms with van der Waals surface area (Å²) in [6.45, 7) is 3.92. The lowest BCUT2D eigenvalue weighted by molar-refractivity contribution is 0.827. The van der Waals surface area contributed by atoms with Crippen LogP contribution in [-0.4, -0.2) is 25.0 Å². The summed E-state index contributed by atoms with van der Waals surface area (Å²) in [5, 5.41) is 6.03. The molecule has 98 valence electrons. The number of anilines is 1. The first-order chi connectivity index (χ1) is 8.51. The van der Waals surface area contributed by atoms with Gasteiger partial charge in [0, 0.05) is 23.2 Å². The number of rotatable bonds is 2. The van der Waals surface area contributed by atoms with Gasteiger partial charge >= 0.3 is 0 Å². The Kier molecular flexibility index (Phi) is 5.64. The summed E-state index contributed by atoms with van der Waals surface area (Å²) < 4.78 is 1.02. The van der Waals surface area contributed by atoms with E-state index >= 15 is 0 Å². The Balaban J connectivity index is 2.66. The molecule has 5 nitrogen and oxygen atoms in total. The van der Waals surface area contributed by atoms with Gasteiger partial charge in [-0.05, 0) is 38.1 Å². The SMILES string of the molecule is CN=C(NC(N)=NC(C)C)Nc1ccc(Br)cc1. The summed E-state index contributed by atoms with van der Waals surface area (Å²) in [4.78, 5) is 8.25. The number of hydrogen-bond acceptors (Lipinski definition) is 2. The molecule has 0 spiro atoms. The van der Waals surface area contributed by atoms with Crippen molar-refractivity contribution < 1.29 is 0 Å². The van der Waals surface area contributed by atoms with E-state index < -0.39 is 0 Å². The van der Waals surface area contributed by atoms with Crippen LogP contribution in [0.2, 0.25) is 0 Å². The van der Waals surface area contributed by atoms with Crippen LogP contribution in [0.5, 0.6) is 0 Å². The van der Waals surface area contributed by atoms with Gasteiger partial charge in [0.15, 0.2) is 5.96 Å². The van der Waals surface area contributed by atoms with E-state index in [1.54, 1.807) is 7.05 Å². The van der Waals surface area contributed by atoms with Crippen LogP contribution in [0.3, 0.4) is 0 Å². The number of guanidine groups is 2. The zero-order valence-corrected chi connectivity index (χ0v) is 12.3. The number of nitrogens with one attached hydrogen (secondary N) is 2. The predicted octanol–water partition coefficient (Wildman–Crippen LogP) is 2.16. The van der Waals surface area contributed by atoms with E-state index in [1.165, 1.54) is 0 Å². The minimum absolute atomic E-state index is 0.142. The summed E-state index contributed by atoms with van der Waals surface area (Å²) in [5.74, 6) is 0.898. The van der Waals surface area contributed by atoms with Crippen molar-refractivity contribution in [3.05, 3.63) is 28.7 Å². The highest BCUT2D eigenvalue weighted by molar-refractivity contribution is 9.10. The van der Waals surface area contributed by atoms with E-state index in [2.05, 4.69) is 36.5 Å². The van der Waals surface area contributed by atoms with Crippen LogP contribution in [0.15, 0.2) is 38.7 Å². The molecule has 1 aromatic carbocycles. The second kappa shape index (κ2) is 7.00. The van der Waals surface area contributed by atoms with Gasteiger partial charge in [-0.1, -0.05) is 15.9 Å². The summed E-state index contributed by atoms with van der Waals surface area (Å²) in [5.41, 5.74) is 6.66. The van der Waals surface area contributed by atoms with Gasteiger partial charge < -0.3 is 11.1 Å². The second-order valence-corrected chi connectivity index (χ2v) is 4.85. The van der Waals surface area contributed by atoms with Crippen LogP contribution < -0.4 is 16.4 Å². The molecule has 0 radical (unpaired) electrons. The Morgan fingerprint density at radius 2 is 1.89 bits per heavy atom. The second-order valence-electron chi connectivity index (χ2n) is 3.94. The average Bonchev–Trinajstić information content (AvgIpc) is 2.30. The molecule has 0 heterocycles. The average molecular weight is 312 g/mol. The molecule has 0 amide bonds. The van der Waals surface area contributed by atoms with E-state index in [-0.39, 0.29) is 6.04 Å². The fraction of sp³-hybridized carbons (Fsp3) is 0.333. The van der Waals surface area contributed by atoms with Crippen LogP contribution in [0.1, 0.15) is 13.8 Å².